The second kappa shape index (κ2) is 12.1. The first kappa shape index (κ1) is 29.5. The van der Waals surface area contributed by atoms with E-state index in [1.807, 2.05) is 6.92 Å². The van der Waals surface area contributed by atoms with Gasteiger partial charge in [0, 0.05) is 12.5 Å². The zero-order valence-electron chi connectivity index (χ0n) is 22.3. The number of nitrogens with one attached hydrogen (secondary N) is 2. The Balaban J connectivity index is 1.41. The molecule has 3 aromatic heterocycles. The quantitative estimate of drug-likeness (QED) is 0.118. The van der Waals surface area contributed by atoms with Gasteiger partial charge < -0.3 is 39.9 Å². The third-order valence-electron chi connectivity index (χ3n) is 7.38. The van der Waals surface area contributed by atoms with E-state index in [0.717, 1.165) is 25.7 Å². The minimum absolute atomic E-state index is 0.100. The van der Waals surface area contributed by atoms with E-state index in [2.05, 4.69) is 47.9 Å². The van der Waals surface area contributed by atoms with Crippen molar-refractivity contribution in [1.29, 1.82) is 0 Å². The number of fused-ring (bicyclic) bond motifs is 1. The van der Waals surface area contributed by atoms with Crippen LogP contribution >= 0.6 is 7.60 Å². The first-order chi connectivity index (χ1) is 19.7. The Hall–Kier alpha value is -3.00. The Morgan fingerprint density at radius 3 is 2.71 bits per heavy atom. The van der Waals surface area contributed by atoms with Crippen LogP contribution in [0.3, 0.4) is 0 Å². The number of hydrogen-bond acceptors (Lipinski definition) is 12. The van der Waals surface area contributed by atoms with Gasteiger partial charge in [0.25, 0.3) is 0 Å². The van der Waals surface area contributed by atoms with E-state index in [-0.39, 0.29) is 17.7 Å². The van der Waals surface area contributed by atoms with E-state index in [1.165, 1.54) is 0 Å². The molecule has 2 aliphatic rings. The van der Waals surface area contributed by atoms with Crippen molar-refractivity contribution in [3.63, 3.8) is 0 Å². The van der Waals surface area contributed by atoms with Gasteiger partial charge in [0.15, 0.2) is 17.0 Å². The van der Waals surface area contributed by atoms with Crippen molar-refractivity contribution in [3.05, 3.63) is 29.5 Å². The van der Waals surface area contributed by atoms with E-state index in [4.69, 9.17) is 9.47 Å². The Morgan fingerprint density at radius 2 is 2.05 bits per heavy atom. The summed E-state index contributed by atoms with van der Waals surface area (Å²) in [5.74, 6) is 6.69. The number of nitrogens with zero attached hydrogens (tertiary/aromatic N) is 6. The summed E-state index contributed by atoms with van der Waals surface area (Å²) in [6, 6.07) is 3.75. The molecular formula is C24H33N8O8P. The van der Waals surface area contributed by atoms with Gasteiger partial charge in [0.05, 0.1) is 25.3 Å². The highest BCUT2D eigenvalue weighted by Gasteiger charge is 2.52. The van der Waals surface area contributed by atoms with Crippen LogP contribution in [0.2, 0.25) is 0 Å². The van der Waals surface area contributed by atoms with E-state index in [0.29, 0.717) is 23.4 Å². The van der Waals surface area contributed by atoms with Crippen molar-refractivity contribution < 1.29 is 39.1 Å². The molecule has 7 N–H and O–H groups in total. The fourth-order valence-corrected chi connectivity index (χ4v) is 5.90. The Kier molecular flexibility index (Phi) is 8.69. The summed E-state index contributed by atoms with van der Waals surface area (Å²) in [5.41, 5.74) is 1.06. The lowest BCUT2D eigenvalue weighted by molar-refractivity contribution is -0.100. The average Bonchev–Trinajstić information content (AvgIpc) is 3.75. The van der Waals surface area contributed by atoms with Gasteiger partial charge in [0.2, 0.25) is 5.82 Å². The molecule has 1 aliphatic carbocycles. The number of hydrogen-bond donors (Lipinski definition) is 7. The molecule has 1 saturated heterocycles. The van der Waals surface area contributed by atoms with Crippen LogP contribution in [0.25, 0.3) is 5.52 Å². The van der Waals surface area contributed by atoms with Gasteiger partial charge in [-0.05, 0) is 30.9 Å². The minimum atomic E-state index is -5.10. The van der Waals surface area contributed by atoms with Crippen LogP contribution < -0.4 is 5.32 Å². The van der Waals surface area contributed by atoms with Crippen LogP contribution in [0.15, 0.2) is 12.1 Å². The van der Waals surface area contributed by atoms with Gasteiger partial charge in [-0.15, -0.1) is 15.3 Å². The number of aromatic amines is 1. The van der Waals surface area contributed by atoms with Crippen LogP contribution in [0, 0.1) is 11.8 Å². The van der Waals surface area contributed by atoms with Crippen LogP contribution in [0.5, 0.6) is 0 Å². The monoisotopic (exact) mass is 592 g/mol. The topological polar surface area (TPSA) is 233 Å². The smallest absolute Gasteiger partial charge is 0.359 e. The standard InChI is InChI=1S/C24H33N8O8P/c1-2-3-8-18-26-23(25-14-6-4-5-7-14)16-10-9-15(32(16)29-18)22-21(35)20(34)17(40-22)12-39-24(13-33,41(36,37)38)11-19-27-30-31-28-19/h9-10,14,17,20-22,33-35H,2,4-7,11-13H2,1H3,(H,25,26,29)(H2,36,37,38)(H,27,28,30,31)/t17-,20-,21-,22?,24?/m1/s1. The Morgan fingerprint density at radius 1 is 1.27 bits per heavy atom. The number of H-pyrrole nitrogens is 1. The lowest BCUT2D eigenvalue weighted by Gasteiger charge is -2.32. The van der Waals surface area contributed by atoms with Crippen molar-refractivity contribution in [3.8, 4) is 11.8 Å². The van der Waals surface area contributed by atoms with Crippen molar-refractivity contribution >= 4 is 18.9 Å². The van der Waals surface area contributed by atoms with Gasteiger partial charge in [-0.3, -0.25) is 4.57 Å². The summed E-state index contributed by atoms with van der Waals surface area (Å²) < 4.78 is 25.4. The molecule has 5 atom stereocenters. The molecule has 17 heteroatoms. The van der Waals surface area contributed by atoms with Gasteiger partial charge in [-0.25, -0.2) is 4.52 Å². The predicted octanol–water partition coefficient (Wildman–Crippen LogP) is -0.354. The molecule has 0 aromatic carbocycles. The van der Waals surface area contributed by atoms with Gasteiger partial charge >= 0.3 is 7.60 Å². The molecule has 0 radical (unpaired) electrons. The number of aromatic nitrogens is 7. The van der Waals surface area contributed by atoms with Crippen LogP contribution in [-0.2, 0) is 20.5 Å². The van der Waals surface area contributed by atoms with E-state index < -0.39 is 57.0 Å². The van der Waals surface area contributed by atoms with E-state index >= 15 is 0 Å². The average molecular weight is 593 g/mol. The molecule has 4 heterocycles. The summed E-state index contributed by atoms with van der Waals surface area (Å²) >= 11 is 0. The fourth-order valence-electron chi connectivity index (χ4n) is 5.13. The van der Waals surface area contributed by atoms with E-state index in [9.17, 15) is 29.7 Å². The highest BCUT2D eigenvalue weighted by Crippen LogP contribution is 2.53. The molecule has 222 valence electrons. The molecule has 0 amide bonds. The number of aliphatic hydroxyl groups excluding tert-OH is 3. The first-order valence-electron chi connectivity index (χ1n) is 13.3. The lowest BCUT2D eigenvalue weighted by atomic mass is 10.1. The van der Waals surface area contributed by atoms with Gasteiger partial charge in [-0.2, -0.15) is 10.2 Å². The number of aliphatic hydroxyl groups is 3. The number of rotatable bonds is 10. The third kappa shape index (κ3) is 5.99. The summed E-state index contributed by atoms with van der Waals surface area (Å²) in [6.07, 6.45) is -0.845. The summed E-state index contributed by atoms with van der Waals surface area (Å²) in [5, 5.41) is 50.2. The second-order valence-electron chi connectivity index (χ2n) is 10.2. The number of anilines is 1. The molecule has 1 aliphatic heterocycles. The van der Waals surface area contributed by atoms with E-state index in [1.54, 1.807) is 16.6 Å². The van der Waals surface area contributed by atoms with Gasteiger partial charge in [0.1, 0.15) is 29.9 Å². The highest BCUT2D eigenvalue weighted by molar-refractivity contribution is 7.53. The molecule has 41 heavy (non-hydrogen) atoms. The third-order valence-corrected chi connectivity index (χ3v) is 8.87. The maximum absolute atomic E-state index is 12.4. The van der Waals surface area contributed by atoms with Crippen LogP contribution in [0.4, 0.5) is 5.82 Å². The van der Waals surface area contributed by atoms with Crippen molar-refractivity contribution in [2.45, 2.75) is 81.2 Å². The maximum Gasteiger partial charge on any atom is 0.359 e. The SMILES string of the molecule is CCC#Cc1nc(NC2CCCC2)c2ccc(C3O[C@H](COC(CO)(Cc4nn[nH]n4)P(=O)(O)O)[C@@H](O)[C@H]3O)n2n1. The predicted molar refractivity (Wildman–Crippen MR) is 141 cm³/mol. The molecule has 16 nitrogen and oxygen atoms in total. The molecule has 1 saturated carbocycles. The lowest BCUT2D eigenvalue weighted by Crippen LogP contribution is -2.43. The fraction of sp³-hybridized carbons (Fsp3) is 0.625. The Labute approximate surface area is 234 Å². The molecule has 5 rings (SSSR count). The molecule has 2 fully saturated rings. The minimum Gasteiger partial charge on any atom is -0.393 e. The largest absolute Gasteiger partial charge is 0.393 e. The van der Waals surface area contributed by atoms with Crippen molar-refractivity contribution in [2.75, 3.05) is 18.5 Å². The molecule has 2 unspecified atom stereocenters. The normalized spacial score (nSPS) is 24.8. The van der Waals surface area contributed by atoms with Crippen molar-refractivity contribution in [2.24, 2.45) is 0 Å². The summed E-state index contributed by atoms with van der Waals surface area (Å²) in [7, 11) is -5.10. The zero-order valence-corrected chi connectivity index (χ0v) is 23.2. The van der Waals surface area contributed by atoms with Crippen LogP contribution in [-0.4, -0.2) is 103 Å². The van der Waals surface area contributed by atoms with Crippen molar-refractivity contribution in [1.82, 2.24) is 35.2 Å². The number of ether oxygens (including phenoxy) is 2. The van der Waals surface area contributed by atoms with Crippen LogP contribution in [0.1, 0.15) is 62.5 Å². The molecular weight excluding hydrogens is 559 g/mol. The molecule has 0 bridgehead atoms. The zero-order chi connectivity index (χ0) is 29.2. The molecule has 0 spiro atoms. The summed E-state index contributed by atoms with van der Waals surface area (Å²) in [6.45, 7) is 0.258. The molecule has 3 aromatic rings. The Bertz CT molecular complexity index is 1450. The second-order valence-corrected chi connectivity index (χ2v) is 12.1. The first-order valence-corrected chi connectivity index (χ1v) is 15.0. The maximum atomic E-state index is 12.4. The van der Waals surface area contributed by atoms with Gasteiger partial charge in [-0.1, -0.05) is 30.9 Å². The number of tetrazole rings is 1. The summed E-state index contributed by atoms with van der Waals surface area (Å²) in [4.78, 5) is 24.6. The highest BCUT2D eigenvalue weighted by atomic mass is 31.2.